The molecule has 3 rings (SSSR count). The number of hydrogen-bond donors (Lipinski definition) is 1. The fourth-order valence-corrected chi connectivity index (χ4v) is 5.31. The number of carbonyl (C=O) groups is 1. The molecule has 1 aliphatic rings. The summed E-state index contributed by atoms with van der Waals surface area (Å²) in [6.45, 7) is 7.61. The number of piperidine rings is 1. The molecule has 1 amide bonds. The van der Waals surface area contributed by atoms with Crippen molar-refractivity contribution in [1.29, 1.82) is 0 Å². The van der Waals surface area contributed by atoms with Crippen molar-refractivity contribution in [2.45, 2.75) is 38.0 Å². The molecule has 1 fully saturated rings. The molecule has 0 spiro atoms. The molecular formula is C24H32ClN3O3S. The van der Waals surface area contributed by atoms with Gasteiger partial charge in [0.1, 0.15) is 6.54 Å². The van der Waals surface area contributed by atoms with E-state index in [0.717, 1.165) is 41.8 Å². The van der Waals surface area contributed by atoms with Gasteiger partial charge in [-0.25, -0.2) is 8.42 Å². The van der Waals surface area contributed by atoms with Crippen molar-refractivity contribution in [3.05, 3.63) is 59.1 Å². The molecular weight excluding hydrogens is 446 g/mol. The van der Waals surface area contributed by atoms with Gasteiger partial charge in [-0.3, -0.25) is 9.10 Å². The number of hydrogen-bond acceptors (Lipinski definition) is 4. The van der Waals surface area contributed by atoms with Gasteiger partial charge in [0.05, 0.1) is 10.6 Å². The molecule has 32 heavy (non-hydrogen) atoms. The summed E-state index contributed by atoms with van der Waals surface area (Å²) in [6, 6.07) is 13.1. The topological polar surface area (TPSA) is 69.7 Å². The Bertz CT molecular complexity index is 986. The molecule has 0 aromatic heterocycles. The van der Waals surface area contributed by atoms with Crippen molar-refractivity contribution in [2.24, 2.45) is 5.92 Å². The smallest absolute Gasteiger partial charge is 0.264 e. The van der Waals surface area contributed by atoms with Gasteiger partial charge in [0.2, 0.25) is 5.91 Å². The molecule has 0 aliphatic carbocycles. The molecule has 174 valence electrons. The van der Waals surface area contributed by atoms with E-state index in [1.54, 1.807) is 12.1 Å². The first-order chi connectivity index (χ1) is 15.3. The molecule has 0 atom stereocenters. The first-order valence-corrected chi connectivity index (χ1v) is 12.9. The van der Waals surface area contributed by atoms with E-state index < -0.39 is 10.0 Å². The lowest BCUT2D eigenvalue weighted by Crippen LogP contribution is -2.42. The molecule has 0 saturated carbocycles. The second-order valence-electron chi connectivity index (χ2n) is 8.53. The predicted molar refractivity (Wildman–Crippen MR) is 130 cm³/mol. The SMILES string of the molecule is Cc1ccc(N(CC(=O)NCCCN2CCC(C)CC2)S(=O)(=O)c2ccc(Cl)cc2)cc1. The summed E-state index contributed by atoms with van der Waals surface area (Å²) in [6.07, 6.45) is 3.29. The number of nitrogens with one attached hydrogen (secondary N) is 1. The quantitative estimate of drug-likeness (QED) is 0.552. The van der Waals surface area contributed by atoms with Gasteiger partial charge in [0.25, 0.3) is 10.0 Å². The van der Waals surface area contributed by atoms with Gasteiger partial charge in [0.15, 0.2) is 0 Å². The molecule has 2 aromatic carbocycles. The Hall–Kier alpha value is -2.09. The van der Waals surface area contributed by atoms with Crippen LogP contribution in [0, 0.1) is 12.8 Å². The molecule has 6 nitrogen and oxygen atoms in total. The number of sulfonamides is 1. The van der Waals surface area contributed by atoms with Crippen LogP contribution in [-0.4, -0.2) is 51.9 Å². The lowest BCUT2D eigenvalue weighted by molar-refractivity contribution is -0.119. The van der Waals surface area contributed by atoms with Crippen LogP contribution in [0.5, 0.6) is 0 Å². The summed E-state index contributed by atoms with van der Waals surface area (Å²) in [5.41, 5.74) is 1.46. The zero-order valence-electron chi connectivity index (χ0n) is 18.8. The number of likely N-dealkylation sites (tertiary alicyclic amines) is 1. The zero-order valence-corrected chi connectivity index (χ0v) is 20.3. The van der Waals surface area contributed by atoms with E-state index in [1.165, 1.54) is 37.1 Å². The van der Waals surface area contributed by atoms with Crippen molar-refractivity contribution in [1.82, 2.24) is 10.2 Å². The van der Waals surface area contributed by atoms with Crippen LogP contribution in [0.15, 0.2) is 53.4 Å². The van der Waals surface area contributed by atoms with Crippen LogP contribution in [0.3, 0.4) is 0 Å². The van der Waals surface area contributed by atoms with Gasteiger partial charge in [-0.05, 0) is 88.1 Å². The fraction of sp³-hybridized carbons (Fsp3) is 0.458. The minimum atomic E-state index is -3.93. The highest BCUT2D eigenvalue weighted by atomic mass is 35.5. The Kier molecular flexibility index (Phi) is 8.57. The maximum Gasteiger partial charge on any atom is 0.264 e. The van der Waals surface area contributed by atoms with Crippen LogP contribution in [0.25, 0.3) is 0 Å². The number of anilines is 1. The summed E-state index contributed by atoms with van der Waals surface area (Å²) in [7, 11) is -3.93. The van der Waals surface area contributed by atoms with Crippen molar-refractivity contribution in [2.75, 3.05) is 37.0 Å². The minimum Gasteiger partial charge on any atom is -0.354 e. The Labute approximate surface area is 196 Å². The van der Waals surface area contributed by atoms with Crippen LogP contribution in [0.1, 0.15) is 31.7 Å². The monoisotopic (exact) mass is 477 g/mol. The highest BCUT2D eigenvalue weighted by Crippen LogP contribution is 2.25. The fourth-order valence-electron chi connectivity index (χ4n) is 3.76. The molecule has 8 heteroatoms. The average Bonchev–Trinajstić information content (AvgIpc) is 2.77. The van der Waals surface area contributed by atoms with Crippen LogP contribution in [0.2, 0.25) is 5.02 Å². The van der Waals surface area contributed by atoms with Crippen molar-refractivity contribution in [3.8, 4) is 0 Å². The third-order valence-corrected chi connectivity index (χ3v) is 7.90. The third-order valence-electron chi connectivity index (χ3n) is 5.86. The van der Waals surface area contributed by atoms with Crippen molar-refractivity contribution >= 4 is 33.2 Å². The van der Waals surface area contributed by atoms with Crippen LogP contribution in [0.4, 0.5) is 5.69 Å². The van der Waals surface area contributed by atoms with Gasteiger partial charge < -0.3 is 10.2 Å². The number of rotatable bonds is 9. The average molecular weight is 478 g/mol. The Morgan fingerprint density at radius 1 is 1.09 bits per heavy atom. The summed E-state index contributed by atoms with van der Waals surface area (Å²) < 4.78 is 27.8. The van der Waals surface area contributed by atoms with Crippen LogP contribution < -0.4 is 9.62 Å². The van der Waals surface area contributed by atoms with Gasteiger partial charge in [-0.2, -0.15) is 0 Å². The van der Waals surface area contributed by atoms with E-state index >= 15 is 0 Å². The minimum absolute atomic E-state index is 0.0922. The van der Waals surface area contributed by atoms with Gasteiger partial charge in [-0.1, -0.05) is 36.2 Å². The van der Waals surface area contributed by atoms with E-state index in [2.05, 4.69) is 17.1 Å². The Balaban J connectivity index is 1.64. The van der Waals surface area contributed by atoms with E-state index in [1.807, 2.05) is 19.1 Å². The van der Waals surface area contributed by atoms with E-state index in [4.69, 9.17) is 11.6 Å². The Morgan fingerprint density at radius 2 is 1.72 bits per heavy atom. The number of aryl methyl sites for hydroxylation is 1. The predicted octanol–water partition coefficient (Wildman–Crippen LogP) is 4.08. The van der Waals surface area contributed by atoms with E-state index in [9.17, 15) is 13.2 Å². The lowest BCUT2D eigenvalue weighted by atomic mass is 9.99. The zero-order chi connectivity index (χ0) is 23.1. The molecule has 0 radical (unpaired) electrons. The molecule has 0 bridgehead atoms. The summed E-state index contributed by atoms with van der Waals surface area (Å²) in [5.74, 6) is 0.469. The molecule has 2 aromatic rings. The first-order valence-electron chi connectivity index (χ1n) is 11.1. The van der Waals surface area contributed by atoms with Crippen molar-refractivity contribution in [3.63, 3.8) is 0 Å². The second kappa shape index (κ2) is 11.2. The third kappa shape index (κ3) is 6.70. The van der Waals surface area contributed by atoms with Gasteiger partial charge in [0, 0.05) is 11.6 Å². The van der Waals surface area contributed by atoms with Crippen molar-refractivity contribution < 1.29 is 13.2 Å². The number of amides is 1. The van der Waals surface area contributed by atoms with Crippen LogP contribution >= 0.6 is 11.6 Å². The molecule has 1 heterocycles. The number of carbonyl (C=O) groups excluding carboxylic acids is 1. The lowest BCUT2D eigenvalue weighted by Gasteiger charge is -2.30. The van der Waals surface area contributed by atoms with Crippen LogP contribution in [-0.2, 0) is 14.8 Å². The summed E-state index contributed by atoms with van der Waals surface area (Å²) in [4.78, 5) is 15.2. The van der Waals surface area contributed by atoms with E-state index in [0.29, 0.717) is 17.3 Å². The normalized spacial score (nSPS) is 15.5. The first kappa shape index (κ1) is 24.6. The van der Waals surface area contributed by atoms with Gasteiger partial charge in [-0.15, -0.1) is 0 Å². The van der Waals surface area contributed by atoms with E-state index in [-0.39, 0.29) is 17.3 Å². The highest BCUT2D eigenvalue weighted by Gasteiger charge is 2.27. The second-order valence-corrected chi connectivity index (χ2v) is 10.8. The number of halogens is 1. The Morgan fingerprint density at radius 3 is 2.34 bits per heavy atom. The molecule has 1 saturated heterocycles. The van der Waals surface area contributed by atoms with Gasteiger partial charge >= 0.3 is 0 Å². The summed E-state index contributed by atoms with van der Waals surface area (Å²) in [5, 5.41) is 3.33. The maximum atomic E-state index is 13.3. The molecule has 1 N–H and O–H groups in total. The molecule has 0 unspecified atom stereocenters. The largest absolute Gasteiger partial charge is 0.354 e. The number of benzene rings is 2. The standard InChI is InChI=1S/C24H32ClN3O3S/c1-19-4-8-22(9-5-19)28(32(30,31)23-10-6-21(25)7-11-23)18-24(29)26-14-3-15-27-16-12-20(2)13-17-27/h4-11,20H,3,12-18H2,1-2H3,(H,26,29). The highest BCUT2D eigenvalue weighted by molar-refractivity contribution is 7.92. The molecule has 1 aliphatic heterocycles. The maximum absolute atomic E-state index is 13.3. The summed E-state index contributed by atoms with van der Waals surface area (Å²) >= 11 is 5.92. The number of nitrogens with zero attached hydrogens (tertiary/aromatic N) is 2.